The quantitative estimate of drug-likeness (QED) is 0.488. The number of amides is 1. The zero-order valence-corrected chi connectivity index (χ0v) is 18.8. The number of carbonyl (C=O) groups excluding carboxylic acids is 1. The Bertz CT molecular complexity index is 1320. The minimum Gasteiger partial charge on any atom is -0.368 e. The Hall–Kier alpha value is -3.78. The summed E-state index contributed by atoms with van der Waals surface area (Å²) in [7, 11) is 2.10. The van der Waals surface area contributed by atoms with Crippen LogP contribution in [0.3, 0.4) is 0 Å². The molecule has 0 radical (unpaired) electrons. The van der Waals surface area contributed by atoms with Gasteiger partial charge in [-0.1, -0.05) is 18.2 Å². The third-order valence-corrected chi connectivity index (χ3v) is 6.16. The van der Waals surface area contributed by atoms with Crippen molar-refractivity contribution in [1.82, 2.24) is 14.8 Å². The van der Waals surface area contributed by atoms with E-state index in [0.717, 1.165) is 54.4 Å². The normalized spacial score (nSPS) is 14.5. The topological polar surface area (TPSA) is 53.4 Å². The molecule has 0 bridgehead atoms. The Morgan fingerprint density at radius 1 is 0.941 bits per heavy atom. The van der Waals surface area contributed by atoms with Crippen LogP contribution in [-0.2, 0) is 6.42 Å². The molecule has 1 saturated heterocycles. The molecule has 8 heteroatoms. The molecule has 1 N–H and O–H groups in total. The summed E-state index contributed by atoms with van der Waals surface area (Å²) in [6, 6.07) is 16.7. The van der Waals surface area contributed by atoms with E-state index in [4.69, 9.17) is 0 Å². The first-order valence-corrected chi connectivity index (χ1v) is 11.2. The molecule has 3 aromatic carbocycles. The maximum absolute atomic E-state index is 13.5. The Balaban J connectivity index is 1.35. The number of rotatable bonds is 5. The number of nitrogens with zero attached hydrogens (tertiary/aromatic N) is 4. The number of piperazine rings is 1. The molecular formula is C26H25F2N5O. The molecule has 1 aliphatic heterocycles. The molecule has 0 atom stereocenters. The number of para-hydroxylation sites is 1. The van der Waals surface area contributed by atoms with Crippen LogP contribution >= 0.6 is 0 Å². The van der Waals surface area contributed by atoms with Gasteiger partial charge in [0.25, 0.3) is 5.91 Å². The highest BCUT2D eigenvalue weighted by Gasteiger charge is 2.20. The summed E-state index contributed by atoms with van der Waals surface area (Å²) in [6.45, 7) is 3.63. The summed E-state index contributed by atoms with van der Waals surface area (Å²) >= 11 is 0. The number of aromatic nitrogens is 2. The zero-order chi connectivity index (χ0) is 23.7. The summed E-state index contributed by atoms with van der Waals surface area (Å²) in [6.07, 6.45) is 2.05. The zero-order valence-electron chi connectivity index (χ0n) is 18.8. The second-order valence-electron chi connectivity index (χ2n) is 8.65. The summed E-state index contributed by atoms with van der Waals surface area (Å²) in [4.78, 5) is 19.1. The fraction of sp³-hybridized carbons (Fsp3) is 0.231. The van der Waals surface area contributed by atoms with Crippen LogP contribution < -0.4 is 10.3 Å². The van der Waals surface area contributed by atoms with Crippen molar-refractivity contribution >= 4 is 22.5 Å². The molecule has 174 valence electrons. The van der Waals surface area contributed by atoms with E-state index in [9.17, 15) is 13.6 Å². The lowest BCUT2D eigenvalue weighted by Crippen LogP contribution is -2.45. The second-order valence-corrected chi connectivity index (χ2v) is 8.65. The molecule has 0 aliphatic carbocycles. The molecule has 5 rings (SSSR count). The van der Waals surface area contributed by atoms with Gasteiger partial charge in [0, 0.05) is 43.3 Å². The van der Waals surface area contributed by atoms with Gasteiger partial charge in [0.15, 0.2) is 0 Å². The molecule has 1 fully saturated rings. The average molecular weight is 462 g/mol. The van der Waals surface area contributed by atoms with E-state index in [1.807, 2.05) is 42.5 Å². The molecule has 0 unspecified atom stereocenters. The van der Waals surface area contributed by atoms with Crippen molar-refractivity contribution in [3.05, 3.63) is 95.2 Å². The molecule has 6 nitrogen and oxygen atoms in total. The molecule has 0 saturated carbocycles. The second kappa shape index (κ2) is 9.23. The lowest BCUT2D eigenvalue weighted by atomic mass is 10.0. The van der Waals surface area contributed by atoms with E-state index in [-0.39, 0.29) is 5.91 Å². The maximum atomic E-state index is 13.5. The van der Waals surface area contributed by atoms with Crippen molar-refractivity contribution < 1.29 is 13.6 Å². The largest absolute Gasteiger partial charge is 0.368 e. The van der Waals surface area contributed by atoms with Gasteiger partial charge in [0.05, 0.1) is 17.3 Å². The van der Waals surface area contributed by atoms with Crippen molar-refractivity contribution in [1.29, 1.82) is 0 Å². The van der Waals surface area contributed by atoms with Gasteiger partial charge >= 0.3 is 0 Å². The fourth-order valence-electron chi connectivity index (χ4n) is 4.38. The molecular weight excluding hydrogens is 436 g/mol. The highest BCUT2D eigenvalue weighted by Crippen LogP contribution is 2.23. The van der Waals surface area contributed by atoms with E-state index >= 15 is 0 Å². The van der Waals surface area contributed by atoms with Gasteiger partial charge in [0.2, 0.25) is 0 Å². The number of halogens is 2. The van der Waals surface area contributed by atoms with Crippen LogP contribution in [0.25, 0.3) is 10.9 Å². The predicted molar refractivity (Wildman–Crippen MR) is 129 cm³/mol. The molecule has 2 heterocycles. The van der Waals surface area contributed by atoms with Crippen LogP contribution in [0.4, 0.5) is 14.5 Å². The average Bonchev–Trinajstić information content (AvgIpc) is 3.21. The summed E-state index contributed by atoms with van der Waals surface area (Å²) in [5.74, 6) is -1.43. The summed E-state index contributed by atoms with van der Waals surface area (Å²) < 4.78 is 27.0. The lowest BCUT2D eigenvalue weighted by Gasteiger charge is -2.34. The minimum atomic E-state index is -0.594. The highest BCUT2D eigenvalue weighted by molar-refractivity contribution is 6.05. The van der Waals surface area contributed by atoms with E-state index in [0.29, 0.717) is 17.5 Å². The molecule has 4 aromatic rings. The van der Waals surface area contributed by atoms with Crippen molar-refractivity contribution in [2.45, 2.75) is 6.42 Å². The van der Waals surface area contributed by atoms with E-state index < -0.39 is 11.6 Å². The Morgan fingerprint density at radius 2 is 1.68 bits per heavy atom. The van der Waals surface area contributed by atoms with E-state index in [1.165, 1.54) is 16.9 Å². The van der Waals surface area contributed by atoms with E-state index in [1.54, 1.807) is 6.20 Å². The molecule has 1 amide bonds. The summed E-state index contributed by atoms with van der Waals surface area (Å²) in [5.41, 5.74) is 6.57. The molecule has 1 aliphatic rings. The van der Waals surface area contributed by atoms with Crippen molar-refractivity contribution in [3.63, 3.8) is 0 Å². The Kier molecular flexibility index (Phi) is 5.98. The number of likely N-dealkylation sites (N-methyl/N-ethyl adjacent to an activating group) is 1. The van der Waals surface area contributed by atoms with Gasteiger partial charge in [0.1, 0.15) is 11.6 Å². The van der Waals surface area contributed by atoms with Crippen LogP contribution in [0.15, 0.2) is 66.9 Å². The van der Waals surface area contributed by atoms with Gasteiger partial charge in [-0.05, 0) is 61.0 Å². The molecule has 0 spiro atoms. The van der Waals surface area contributed by atoms with Gasteiger partial charge in [-0.25, -0.2) is 14.2 Å². The predicted octanol–water partition coefficient (Wildman–Crippen LogP) is 4.04. The van der Waals surface area contributed by atoms with E-state index in [2.05, 4.69) is 27.4 Å². The number of hydrogen-bond donors (Lipinski definition) is 1. The number of carbonyl (C=O) groups is 1. The van der Waals surface area contributed by atoms with Crippen LogP contribution in [0.1, 0.15) is 21.5 Å². The van der Waals surface area contributed by atoms with Crippen LogP contribution in [0, 0.1) is 11.6 Å². The van der Waals surface area contributed by atoms with Crippen molar-refractivity contribution in [2.24, 2.45) is 0 Å². The monoisotopic (exact) mass is 461 g/mol. The number of hydrogen-bond acceptors (Lipinski definition) is 4. The third kappa shape index (κ3) is 4.63. The SMILES string of the molecule is CN1CCN(c2ccccc2C(=O)Nn2ncc3cc(Cc4cc(F)cc(F)c4)ccc32)CC1. The molecule has 34 heavy (non-hydrogen) atoms. The fourth-order valence-corrected chi connectivity index (χ4v) is 4.38. The number of nitrogens with one attached hydrogen (secondary N) is 1. The van der Waals surface area contributed by atoms with Crippen LogP contribution in [-0.4, -0.2) is 53.9 Å². The number of anilines is 1. The maximum Gasteiger partial charge on any atom is 0.273 e. The molecule has 1 aromatic heterocycles. The van der Waals surface area contributed by atoms with Gasteiger partial charge in [-0.3, -0.25) is 4.79 Å². The Labute approximate surface area is 196 Å². The lowest BCUT2D eigenvalue weighted by molar-refractivity contribution is 0.101. The summed E-state index contributed by atoms with van der Waals surface area (Å²) in [5, 5.41) is 5.16. The van der Waals surface area contributed by atoms with Crippen LogP contribution in [0.5, 0.6) is 0 Å². The first-order valence-electron chi connectivity index (χ1n) is 11.2. The van der Waals surface area contributed by atoms with Crippen molar-refractivity contribution in [2.75, 3.05) is 43.6 Å². The van der Waals surface area contributed by atoms with Gasteiger partial charge in [-0.15, -0.1) is 0 Å². The third-order valence-electron chi connectivity index (χ3n) is 6.16. The first-order chi connectivity index (χ1) is 16.5. The Morgan fingerprint density at radius 3 is 2.44 bits per heavy atom. The van der Waals surface area contributed by atoms with Crippen molar-refractivity contribution in [3.8, 4) is 0 Å². The first kappa shape index (κ1) is 22.0. The van der Waals surface area contributed by atoms with Crippen LogP contribution in [0.2, 0.25) is 0 Å². The smallest absolute Gasteiger partial charge is 0.273 e. The minimum absolute atomic E-state index is 0.237. The number of fused-ring (bicyclic) bond motifs is 1. The number of benzene rings is 3. The standard InChI is InChI=1S/C26H25F2N5O/c1-31-8-10-32(11-9-31)25-5-3-2-4-23(25)26(34)30-33-24-7-6-18(13-20(24)17-29-33)12-19-14-21(27)16-22(28)15-19/h2-7,13-17H,8-12H2,1H3,(H,30,34). The van der Waals surface area contributed by atoms with Gasteiger partial charge in [-0.2, -0.15) is 9.89 Å². The van der Waals surface area contributed by atoms with Gasteiger partial charge < -0.3 is 9.80 Å². The highest BCUT2D eigenvalue weighted by atomic mass is 19.1.